The second-order valence-corrected chi connectivity index (χ2v) is 4.73. The third-order valence-electron chi connectivity index (χ3n) is 3.52. The molecule has 82 valence electrons. The molecule has 0 bridgehead atoms. The number of hydrogen-bond acceptors (Lipinski definition) is 3. The Balaban J connectivity index is 1.77. The minimum absolute atomic E-state index is 0.135. The summed E-state index contributed by atoms with van der Waals surface area (Å²) in [6.07, 6.45) is 6.28. The van der Waals surface area contributed by atoms with E-state index in [4.69, 9.17) is 10.5 Å². The highest BCUT2D eigenvalue weighted by Gasteiger charge is 2.43. The molecule has 4 heteroatoms. The first-order chi connectivity index (χ1) is 7.28. The van der Waals surface area contributed by atoms with Crippen LogP contribution in [0, 0.1) is 0 Å². The predicted octanol–water partition coefficient (Wildman–Crippen LogP) is 1.25. The van der Waals surface area contributed by atoms with Gasteiger partial charge in [-0.25, -0.2) is 4.98 Å². The standard InChI is InChI=1S/C11H17N3O/c12-11(3-4-11)10-13-7-9(14-10)8-1-5-15-6-2-8/h7-8H,1-6,12H2,(H,13,14). The lowest BCUT2D eigenvalue weighted by Gasteiger charge is -2.20. The zero-order valence-electron chi connectivity index (χ0n) is 8.83. The van der Waals surface area contributed by atoms with E-state index in [0.717, 1.165) is 44.7 Å². The van der Waals surface area contributed by atoms with Crippen molar-refractivity contribution in [2.24, 2.45) is 5.73 Å². The van der Waals surface area contributed by atoms with Crippen molar-refractivity contribution in [1.29, 1.82) is 0 Å². The zero-order chi connectivity index (χ0) is 10.3. The number of nitrogens with zero attached hydrogens (tertiary/aromatic N) is 1. The molecule has 0 amide bonds. The van der Waals surface area contributed by atoms with Crippen LogP contribution in [0.5, 0.6) is 0 Å². The average Bonchev–Trinajstić information content (AvgIpc) is 2.85. The Morgan fingerprint density at radius 1 is 1.40 bits per heavy atom. The molecule has 2 aliphatic rings. The molecule has 0 radical (unpaired) electrons. The molecule has 0 aromatic carbocycles. The van der Waals surface area contributed by atoms with Crippen molar-refractivity contribution in [2.75, 3.05) is 13.2 Å². The van der Waals surface area contributed by atoms with Crippen molar-refractivity contribution < 1.29 is 4.74 Å². The molecule has 1 aliphatic heterocycles. The van der Waals surface area contributed by atoms with Crippen molar-refractivity contribution >= 4 is 0 Å². The molecule has 15 heavy (non-hydrogen) atoms. The van der Waals surface area contributed by atoms with Gasteiger partial charge in [-0.3, -0.25) is 0 Å². The van der Waals surface area contributed by atoms with E-state index in [2.05, 4.69) is 9.97 Å². The third kappa shape index (κ3) is 1.68. The number of H-pyrrole nitrogens is 1. The van der Waals surface area contributed by atoms with E-state index in [0.29, 0.717) is 5.92 Å². The van der Waals surface area contributed by atoms with E-state index in [1.165, 1.54) is 5.69 Å². The number of hydrogen-bond donors (Lipinski definition) is 2. The van der Waals surface area contributed by atoms with Gasteiger partial charge in [0.05, 0.1) is 5.54 Å². The number of nitrogens with one attached hydrogen (secondary N) is 1. The summed E-state index contributed by atoms with van der Waals surface area (Å²) < 4.78 is 5.35. The number of rotatable bonds is 2. The van der Waals surface area contributed by atoms with Crippen LogP contribution >= 0.6 is 0 Å². The second kappa shape index (κ2) is 3.32. The van der Waals surface area contributed by atoms with Gasteiger partial charge in [0.1, 0.15) is 5.82 Å². The van der Waals surface area contributed by atoms with E-state index in [9.17, 15) is 0 Å². The highest BCUT2D eigenvalue weighted by molar-refractivity contribution is 5.19. The molecule has 2 fully saturated rings. The summed E-state index contributed by atoms with van der Waals surface area (Å²) in [6, 6.07) is 0. The Kier molecular flexibility index (Phi) is 2.07. The quantitative estimate of drug-likeness (QED) is 0.767. The molecular weight excluding hydrogens is 190 g/mol. The molecule has 3 N–H and O–H groups in total. The molecule has 3 rings (SSSR count). The molecule has 0 unspecified atom stereocenters. The Bertz CT molecular complexity index is 350. The van der Waals surface area contributed by atoms with Gasteiger partial charge in [0, 0.05) is 31.0 Å². The summed E-state index contributed by atoms with van der Waals surface area (Å²) in [5.74, 6) is 1.56. The van der Waals surface area contributed by atoms with Gasteiger partial charge in [0.25, 0.3) is 0 Å². The molecular formula is C11H17N3O. The fourth-order valence-electron chi connectivity index (χ4n) is 2.18. The fourth-order valence-corrected chi connectivity index (χ4v) is 2.18. The Morgan fingerprint density at radius 2 is 2.13 bits per heavy atom. The number of nitrogens with two attached hydrogens (primary N) is 1. The first kappa shape index (κ1) is 9.36. The summed E-state index contributed by atoms with van der Waals surface area (Å²) in [5, 5.41) is 0. The molecule has 0 atom stereocenters. The van der Waals surface area contributed by atoms with Crippen LogP contribution < -0.4 is 5.73 Å². The van der Waals surface area contributed by atoms with Crippen molar-refractivity contribution in [3.05, 3.63) is 17.7 Å². The Hall–Kier alpha value is -0.870. The first-order valence-corrected chi connectivity index (χ1v) is 5.70. The molecule has 4 nitrogen and oxygen atoms in total. The highest BCUT2D eigenvalue weighted by atomic mass is 16.5. The average molecular weight is 207 g/mol. The van der Waals surface area contributed by atoms with Gasteiger partial charge < -0.3 is 15.5 Å². The largest absolute Gasteiger partial charge is 0.381 e. The smallest absolute Gasteiger partial charge is 0.126 e. The first-order valence-electron chi connectivity index (χ1n) is 5.70. The van der Waals surface area contributed by atoms with Gasteiger partial charge >= 0.3 is 0 Å². The lowest BCUT2D eigenvalue weighted by atomic mass is 9.97. The van der Waals surface area contributed by atoms with Crippen molar-refractivity contribution in [1.82, 2.24) is 9.97 Å². The van der Waals surface area contributed by atoms with Crippen molar-refractivity contribution in [3.8, 4) is 0 Å². The van der Waals surface area contributed by atoms with Crippen LogP contribution in [-0.4, -0.2) is 23.2 Å². The molecule has 0 spiro atoms. The number of ether oxygens (including phenoxy) is 1. The second-order valence-electron chi connectivity index (χ2n) is 4.73. The SMILES string of the molecule is NC1(c2ncc(C3CCOCC3)[nH]2)CC1. The molecule has 2 heterocycles. The summed E-state index contributed by atoms with van der Waals surface area (Å²) in [5.41, 5.74) is 7.20. The topological polar surface area (TPSA) is 63.9 Å². The maximum atomic E-state index is 6.09. The zero-order valence-corrected chi connectivity index (χ0v) is 8.83. The number of imidazole rings is 1. The van der Waals surface area contributed by atoms with Crippen LogP contribution in [0.25, 0.3) is 0 Å². The van der Waals surface area contributed by atoms with E-state index in [-0.39, 0.29) is 5.54 Å². The molecule has 1 aromatic heterocycles. The summed E-state index contributed by atoms with van der Waals surface area (Å²) in [4.78, 5) is 7.80. The lowest BCUT2D eigenvalue weighted by Crippen LogP contribution is -2.21. The van der Waals surface area contributed by atoms with Gasteiger partial charge in [0.2, 0.25) is 0 Å². The molecule has 1 aliphatic carbocycles. The van der Waals surface area contributed by atoms with E-state index >= 15 is 0 Å². The Morgan fingerprint density at radius 3 is 2.80 bits per heavy atom. The lowest BCUT2D eigenvalue weighted by molar-refractivity contribution is 0.0845. The fraction of sp³-hybridized carbons (Fsp3) is 0.727. The summed E-state index contributed by atoms with van der Waals surface area (Å²) >= 11 is 0. The van der Waals surface area contributed by atoms with Crippen LogP contribution in [0.3, 0.4) is 0 Å². The van der Waals surface area contributed by atoms with Gasteiger partial charge in [-0.1, -0.05) is 0 Å². The van der Waals surface area contributed by atoms with Crippen molar-refractivity contribution in [3.63, 3.8) is 0 Å². The summed E-state index contributed by atoms with van der Waals surface area (Å²) in [7, 11) is 0. The third-order valence-corrected chi connectivity index (χ3v) is 3.52. The normalized spacial score (nSPS) is 25.4. The molecule has 1 aromatic rings. The van der Waals surface area contributed by atoms with E-state index in [1.54, 1.807) is 0 Å². The Labute approximate surface area is 89.2 Å². The van der Waals surface area contributed by atoms with Gasteiger partial charge in [-0.05, 0) is 25.7 Å². The predicted molar refractivity (Wildman–Crippen MR) is 56.5 cm³/mol. The van der Waals surface area contributed by atoms with E-state index < -0.39 is 0 Å². The number of aromatic amines is 1. The molecule has 1 saturated carbocycles. The molecule has 1 saturated heterocycles. The maximum absolute atomic E-state index is 6.09. The van der Waals surface area contributed by atoms with Crippen LogP contribution in [0.15, 0.2) is 6.20 Å². The van der Waals surface area contributed by atoms with Crippen molar-refractivity contribution in [2.45, 2.75) is 37.1 Å². The van der Waals surface area contributed by atoms with Gasteiger partial charge in [-0.15, -0.1) is 0 Å². The monoisotopic (exact) mass is 207 g/mol. The van der Waals surface area contributed by atoms with E-state index in [1.807, 2.05) is 6.20 Å². The maximum Gasteiger partial charge on any atom is 0.126 e. The minimum Gasteiger partial charge on any atom is -0.381 e. The highest BCUT2D eigenvalue weighted by Crippen LogP contribution is 2.41. The van der Waals surface area contributed by atoms with Crippen LogP contribution in [0.1, 0.15) is 43.1 Å². The van der Waals surface area contributed by atoms with Crippen LogP contribution in [0.2, 0.25) is 0 Å². The van der Waals surface area contributed by atoms with Gasteiger partial charge in [-0.2, -0.15) is 0 Å². The number of aromatic nitrogens is 2. The minimum atomic E-state index is -0.135. The summed E-state index contributed by atoms with van der Waals surface area (Å²) in [6.45, 7) is 1.74. The van der Waals surface area contributed by atoms with Crippen LogP contribution in [-0.2, 0) is 10.3 Å². The van der Waals surface area contributed by atoms with Gasteiger partial charge in [0.15, 0.2) is 0 Å². The van der Waals surface area contributed by atoms with Crippen LogP contribution in [0.4, 0.5) is 0 Å².